The van der Waals surface area contributed by atoms with Gasteiger partial charge < -0.3 is 19.6 Å². The summed E-state index contributed by atoms with van der Waals surface area (Å²) >= 11 is 6.39. The van der Waals surface area contributed by atoms with Crippen LogP contribution >= 0.6 is 11.6 Å². The maximum absolute atomic E-state index is 14.9. The van der Waals surface area contributed by atoms with Crippen LogP contribution in [0.2, 0.25) is 5.02 Å². The molecule has 4 heterocycles. The molecule has 2 N–H and O–H groups in total. The van der Waals surface area contributed by atoms with Crippen molar-refractivity contribution in [3.05, 3.63) is 99.0 Å². The second kappa shape index (κ2) is 12.1. The number of nitrogens with zero attached hydrogens (tertiary/aromatic N) is 5. The number of hydrogen-bond acceptors (Lipinski definition) is 4. The standard InChI is InChI=1S/C39H41ClN6O3/c1-21-16-28(17-22(2)35(21)40)49-15-9-12-30-29-10-8-11-31(34-24(4)42-44(7)25(34)5)36(29)46-23(3)20-45(39(48)37(30)46)33-19-26-13-14-27(38(41)47)18-32(26)43(33)6/h8,10-11,13-14,16-19,23H,9,12,15,20H2,1-7H3,(H2,41,47). The van der Waals surface area contributed by atoms with E-state index < -0.39 is 5.91 Å². The normalized spacial score (nSPS) is 14.7. The summed E-state index contributed by atoms with van der Waals surface area (Å²) in [6, 6.07) is 17.7. The Morgan fingerprint density at radius 2 is 1.78 bits per heavy atom. The van der Waals surface area contributed by atoms with Crippen molar-refractivity contribution >= 4 is 51.0 Å². The first-order chi connectivity index (χ1) is 23.4. The third-order valence-electron chi connectivity index (χ3n) is 10.1. The Bertz CT molecular complexity index is 2300. The molecule has 1 atom stereocenters. The van der Waals surface area contributed by atoms with Gasteiger partial charge in [0, 0.05) is 64.9 Å². The second-order valence-electron chi connectivity index (χ2n) is 13.4. The molecule has 0 radical (unpaired) electrons. The molecule has 0 fully saturated rings. The quantitative estimate of drug-likeness (QED) is 0.167. The highest BCUT2D eigenvalue weighted by Crippen LogP contribution is 2.42. The van der Waals surface area contributed by atoms with Crippen LogP contribution in [0.3, 0.4) is 0 Å². The number of anilines is 1. The smallest absolute Gasteiger partial charge is 0.276 e. The zero-order valence-electron chi connectivity index (χ0n) is 29.0. The van der Waals surface area contributed by atoms with E-state index in [0.29, 0.717) is 37.3 Å². The molecular formula is C39H41ClN6O3. The van der Waals surface area contributed by atoms with E-state index >= 15 is 0 Å². The number of fused-ring (bicyclic) bond motifs is 4. The number of amides is 2. The van der Waals surface area contributed by atoms with Gasteiger partial charge in [-0.25, -0.2) is 0 Å². The molecule has 0 saturated heterocycles. The van der Waals surface area contributed by atoms with Gasteiger partial charge in [-0.2, -0.15) is 5.10 Å². The first-order valence-electron chi connectivity index (χ1n) is 16.6. The molecular weight excluding hydrogens is 636 g/mol. The number of halogens is 1. The SMILES string of the molecule is Cc1cc(OCCCc2c3n(c4c(-c5c(C)nn(C)c5C)cccc24)C(C)CN(c2cc4ccc(C(N)=O)cc4n2C)C3=O)cc(C)c1Cl. The number of nitrogens with two attached hydrogens (primary N) is 1. The number of rotatable bonds is 8. The van der Waals surface area contributed by atoms with Crippen LogP contribution in [0.15, 0.2) is 54.6 Å². The first kappa shape index (κ1) is 32.5. The molecule has 10 heteroatoms. The monoisotopic (exact) mass is 676 g/mol. The lowest BCUT2D eigenvalue weighted by molar-refractivity contribution is 0.0954. The summed E-state index contributed by atoms with van der Waals surface area (Å²) in [5.41, 5.74) is 15.8. The molecule has 1 unspecified atom stereocenters. The fraction of sp³-hybridized carbons (Fsp3) is 0.308. The summed E-state index contributed by atoms with van der Waals surface area (Å²) in [6.07, 6.45) is 1.37. The molecule has 9 nitrogen and oxygen atoms in total. The van der Waals surface area contributed by atoms with Crippen LogP contribution in [0.1, 0.15) is 68.3 Å². The van der Waals surface area contributed by atoms with Crippen LogP contribution in [0.5, 0.6) is 5.75 Å². The summed E-state index contributed by atoms with van der Waals surface area (Å²) in [6.45, 7) is 11.2. The molecule has 1 aliphatic heterocycles. The van der Waals surface area contributed by atoms with Gasteiger partial charge in [-0.1, -0.05) is 35.9 Å². The van der Waals surface area contributed by atoms with Gasteiger partial charge in [0.05, 0.1) is 23.3 Å². The van der Waals surface area contributed by atoms with Gasteiger partial charge in [-0.3, -0.25) is 19.2 Å². The number of carbonyl (C=O) groups excluding carboxylic acids is 2. The van der Waals surface area contributed by atoms with E-state index in [2.05, 4.69) is 36.6 Å². The van der Waals surface area contributed by atoms with Crippen molar-refractivity contribution in [2.45, 2.75) is 53.5 Å². The molecule has 6 aromatic rings. The predicted molar refractivity (Wildman–Crippen MR) is 196 cm³/mol. The molecule has 0 bridgehead atoms. The van der Waals surface area contributed by atoms with Gasteiger partial charge in [0.15, 0.2) is 0 Å². The number of aromatic nitrogens is 4. The zero-order chi connectivity index (χ0) is 34.9. The van der Waals surface area contributed by atoms with Crippen molar-refractivity contribution in [1.29, 1.82) is 0 Å². The second-order valence-corrected chi connectivity index (χ2v) is 13.7. The summed E-state index contributed by atoms with van der Waals surface area (Å²) in [4.78, 5) is 28.7. The van der Waals surface area contributed by atoms with Crippen molar-refractivity contribution in [3.63, 3.8) is 0 Å². The number of para-hydroxylation sites is 1. The number of carbonyl (C=O) groups is 2. The molecule has 3 aromatic carbocycles. The zero-order valence-corrected chi connectivity index (χ0v) is 29.8. The molecule has 1 aliphatic rings. The molecule has 3 aromatic heterocycles. The Kier molecular flexibility index (Phi) is 8.06. The molecule has 0 aliphatic carbocycles. The van der Waals surface area contributed by atoms with E-state index in [9.17, 15) is 9.59 Å². The number of benzene rings is 3. The lowest BCUT2D eigenvalue weighted by atomic mass is 9.98. The molecule has 0 saturated carbocycles. The van der Waals surface area contributed by atoms with E-state index in [4.69, 9.17) is 27.2 Å². The largest absolute Gasteiger partial charge is 0.494 e. The Balaban J connectivity index is 1.34. The number of hydrogen-bond donors (Lipinski definition) is 1. The lowest BCUT2D eigenvalue weighted by Gasteiger charge is -2.34. The highest BCUT2D eigenvalue weighted by molar-refractivity contribution is 6.32. The van der Waals surface area contributed by atoms with Gasteiger partial charge in [0.2, 0.25) is 5.91 Å². The van der Waals surface area contributed by atoms with E-state index in [-0.39, 0.29) is 11.9 Å². The third-order valence-corrected chi connectivity index (χ3v) is 10.7. The van der Waals surface area contributed by atoms with Crippen LogP contribution in [-0.2, 0) is 20.5 Å². The molecule has 7 rings (SSSR count). The molecule has 49 heavy (non-hydrogen) atoms. The Hall–Kier alpha value is -5.02. The van der Waals surface area contributed by atoms with E-state index in [1.54, 1.807) is 12.1 Å². The van der Waals surface area contributed by atoms with Gasteiger partial charge in [0.25, 0.3) is 5.91 Å². The third kappa shape index (κ3) is 5.27. The Morgan fingerprint density at radius 1 is 1.04 bits per heavy atom. The van der Waals surface area contributed by atoms with Crippen molar-refractivity contribution in [2.75, 3.05) is 18.1 Å². The fourth-order valence-corrected chi connectivity index (χ4v) is 7.74. The van der Waals surface area contributed by atoms with E-state index in [1.807, 2.05) is 73.3 Å². The van der Waals surface area contributed by atoms with Crippen molar-refractivity contribution < 1.29 is 14.3 Å². The minimum absolute atomic E-state index is 0.0298. The Morgan fingerprint density at radius 3 is 2.45 bits per heavy atom. The summed E-state index contributed by atoms with van der Waals surface area (Å²) in [5.74, 6) is 1.02. The minimum atomic E-state index is -0.485. The maximum atomic E-state index is 14.9. The molecule has 0 spiro atoms. The van der Waals surface area contributed by atoms with Crippen LogP contribution in [0.4, 0.5) is 5.82 Å². The van der Waals surface area contributed by atoms with E-state index in [0.717, 1.165) is 77.6 Å². The summed E-state index contributed by atoms with van der Waals surface area (Å²) in [7, 11) is 3.89. The van der Waals surface area contributed by atoms with Crippen molar-refractivity contribution in [2.24, 2.45) is 19.8 Å². The van der Waals surface area contributed by atoms with E-state index in [1.165, 1.54) is 0 Å². The average molecular weight is 677 g/mol. The van der Waals surface area contributed by atoms with Gasteiger partial charge in [-0.15, -0.1) is 0 Å². The fourth-order valence-electron chi connectivity index (χ4n) is 7.63. The summed E-state index contributed by atoms with van der Waals surface area (Å²) < 4.78 is 12.4. The number of ether oxygens (including phenoxy) is 1. The van der Waals surface area contributed by atoms with Crippen molar-refractivity contribution in [3.8, 4) is 16.9 Å². The van der Waals surface area contributed by atoms with Crippen LogP contribution in [0.25, 0.3) is 32.9 Å². The average Bonchev–Trinajstić information content (AvgIpc) is 3.67. The van der Waals surface area contributed by atoms with Crippen LogP contribution in [0, 0.1) is 27.7 Å². The van der Waals surface area contributed by atoms with Gasteiger partial charge in [-0.05, 0) is 94.5 Å². The van der Waals surface area contributed by atoms with Crippen molar-refractivity contribution in [1.82, 2.24) is 18.9 Å². The van der Waals surface area contributed by atoms with Crippen LogP contribution in [-0.4, -0.2) is 43.9 Å². The maximum Gasteiger partial charge on any atom is 0.276 e. The molecule has 2 amide bonds. The number of primary amides is 1. The summed E-state index contributed by atoms with van der Waals surface area (Å²) in [5, 5.41) is 7.49. The Labute approximate surface area is 290 Å². The highest BCUT2D eigenvalue weighted by atomic mass is 35.5. The van der Waals surface area contributed by atoms with Crippen LogP contribution < -0.4 is 15.4 Å². The predicted octanol–water partition coefficient (Wildman–Crippen LogP) is 7.75. The van der Waals surface area contributed by atoms with Gasteiger partial charge in [0.1, 0.15) is 17.3 Å². The minimum Gasteiger partial charge on any atom is -0.494 e. The molecule has 252 valence electrons. The topological polar surface area (TPSA) is 100 Å². The van der Waals surface area contributed by atoms with Gasteiger partial charge >= 0.3 is 0 Å². The lowest BCUT2D eigenvalue weighted by Crippen LogP contribution is -2.43. The first-order valence-corrected chi connectivity index (χ1v) is 17.0. The number of aryl methyl sites for hydroxylation is 6. The highest BCUT2D eigenvalue weighted by Gasteiger charge is 2.37.